The number of hydrogen-bond donors (Lipinski definition) is 1. The molecule has 0 saturated heterocycles. The molecule has 2 bridgehead atoms. The maximum atomic E-state index is 13.0. The number of hydrogen-bond acceptors (Lipinski definition) is 3. The number of rotatable bonds is 2. The minimum Gasteiger partial charge on any atom is -0.386 e. The van der Waals surface area contributed by atoms with Crippen LogP contribution in [0.15, 0.2) is 34.9 Å². The molecule has 0 radical (unpaired) electrons. The van der Waals surface area contributed by atoms with E-state index in [1.807, 2.05) is 6.08 Å². The third-order valence-corrected chi connectivity index (χ3v) is 8.80. The first kappa shape index (κ1) is 16.7. The number of ketones is 2. The molecule has 0 aliphatic heterocycles. The fourth-order valence-electron chi connectivity index (χ4n) is 7.49. The fraction of sp³-hybridized carbons (Fsp3) is 0.652. The predicted octanol–water partition coefficient (Wildman–Crippen LogP) is 4.07. The smallest absolute Gasteiger partial charge is 0.171 e. The maximum absolute atomic E-state index is 13.0. The first-order valence-electron chi connectivity index (χ1n) is 10.2. The maximum Gasteiger partial charge on any atom is 0.171 e. The highest BCUT2D eigenvalue weighted by Crippen LogP contribution is 2.77. The Bertz CT molecular complexity index is 813. The van der Waals surface area contributed by atoms with Gasteiger partial charge in [0.15, 0.2) is 11.6 Å². The molecule has 0 heterocycles. The highest BCUT2D eigenvalue weighted by molar-refractivity contribution is 5.94. The van der Waals surface area contributed by atoms with Gasteiger partial charge in [-0.25, -0.2) is 0 Å². The number of carbonyl (C=O) groups is 2. The Morgan fingerprint density at radius 2 is 1.96 bits per heavy atom. The standard InChI is InChI=1S/C23H28O3/c1-14(24)20(26)23-11-9-22(10-12-23)19-6-3-15-13-16(25)4-5-17(15)18(19)7-8-21(22,23)2/h9,11,13-14,19,24H,3-8,10,12H2,1-2H3/t14?,19?,21-,22+,23+/m0/s1. The third kappa shape index (κ3) is 1.69. The molecule has 0 amide bonds. The van der Waals surface area contributed by atoms with Crippen molar-refractivity contribution in [2.75, 3.05) is 0 Å². The van der Waals surface area contributed by atoms with Crippen LogP contribution in [-0.2, 0) is 9.59 Å². The Morgan fingerprint density at radius 3 is 2.65 bits per heavy atom. The van der Waals surface area contributed by atoms with Crippen LogP contribution >= 0.6 is 0 Å². The average Bonchev–Trinajstić information content (AvgIpc) is 3.05. The highest BCUT2D eigenvalue weighted by atomic mass is 16.3. The molecule has 2 unspecified atom stereocenters. The van der Waals surface area contributed by atoms with Crippen LogP contribution in [0.2, 0.25) is 0 Å². The van der Waals surface area contributed by atoms with Crippen molar-refractivity contribution in [3.8, 4) is 0 Å². The average molecular weight is 352 g/mol. The van der Waals surface area contributed by atoms with Crippen molar-refractivity contribution in [1.29, 1.82) is 0 Å². The summed E-state index contributed by atoms with van der Waals surface area (Å²) < 4.78 is 0. The number of allylic oxidation sites excluding steroid dienone is 6. The summed E-state index contributed by atoms with van der Waals surface area (Å²) in [4.78, 5) is 24.9. The molecule has 5 aliphatic rings. The fourth-order valence-corrected chi connectivity index (χ4v) is 7.49. The van der Waals surface area contributed by atoms with Gasteiger partial charge in [0.05, 0.1) is 5.41 Å². The Kier molecular flexibility index (Phi) is 3.25. The monoisotopic (exact) mass is 352 g/mol. The largest absolute Gasteiger partial charge is 0.386 e. The summed E-state index contributed by atoms with van der Waals surface area (Å²) in [6, 6.07) is 0. The van der Waals surface area contributed by atoms with Crippen LogP contribution in [0.4, 0.5) is 0 Å². The first-order valence-corrected chi connectivity index (χ1v) is 10.2. The van der Waals surface area contributed by atoms with E-state index >= 15 is 0 Å². The van der Waals surface area contributed by atoms with Crippen LogP contribution in [0.5, 0.6) is 0 Å². The zero-order valence-corrected chi connectivity index (χ0v) is 15.8. The molecule has 3 heteroatoms. The molecule has 0 spiro atoms. The zero-order valence-electron chi connectivity index (χ0n) is 15.8. The van der Waals surface area contributed by atoms with Gasteiger partial charge in [0.1, 0.15) is 6.10 Å². The van der Waals surface area contributed by atoms with Crippen LogP contribution in [0, 0.1) is 22.2 Å². The van der Waals surface area contributed by atoms with Gasteiger partial charge in [-0.15, -0.1) is 0 Å². The van der Waals surface area contributed by atoms with E-state index in [1.165, 1.54) is 11.1 Å². The van der Waals surface area contributed by atoms with E-state index in [-0.39, 0.29) is 22.4 Å². The summed E-state index contributed by atoms with van der Waals surface area (Å²) in [5.41, 5.74) is 3.85. The summed E-state index contributed by atoms with van der Waals surface area (Å²) in [5.74, 6) is 0.806. The van der Waals surface area contributed by atoms with Crippen molar-refractivity contribution in [2.24, 2.45) is 22.2 Å². The number of aliphatic hydroxyl groups is 1. The van der Waals surface area contributed by atoms with Crippen LogP contribution in [0.1, 0.15) is 65.2 Å². The molecular formula is C23H28O3. The molecule has 5 rings (SSSR count). The molecule has 5 aliphatic carbocycles. The first-order chi connectivity index (χ1) is 12.3. The number of aliphatic hydroxyl groups excluding tert-OH is 1. The topological polar surface area (TPSA) is 54.4 Å². The predicted molar refractivity (Wildman–Crippen MR) is 99.3 cm³/mol. The Hall–Kier alpha value is -1.48. The molecule has 2 saturated carbocycles. The van der Waals surface area contributed by atoms with Gasteiger partial charge in [-0.1, -0.05) is 24.6 Å². The molecule has 0 aromatic rings. The lowest BCUT2D eigenvalue weighted by atomic mass is 9.47. The van der Waals surface area contributed by atoms with Crippen LogP contribution in [-0.4, -0.2) is 22.8 Å². The van der Waals surface area contributed by atoms with Gasteiger partial charge in [0.25, 0.3) is 0 Å². The second-order valence-electron chi connectivity index (χ2n) is 9.45. The molecule has 1 N–H and O–H groups in total. The molecule has 26 heavy (non-hydrogen) atoms. The molecule has 0 aromatic heterocycles. The van der Waals surface area contributed by atoms with E-state index in [0.29, 0.717) is 12.3 Å². The van der Waals surface area contributed by atoms with Crippen LogP contribution < -0.4 is 0 Å². The van der Waals surface area contributed by atoms with Gasteiger partial charge in [-0.3, -0.25) is 9.59 Å². The molecule has 0 aromatic carbocycles. The van der Waals surface area contributed by atoms with E-state index < -0.39 is 11.5 Å². The van der Waals surface area contributed by atoms with E-state index in [2.05, 4.69) is 19.1 Å². The lowest BCUT2D eigenvalue weighted by Crippen LogP contribution is -2.52. The van der Waals surface area contributed by atoms with Crippen molar-refractivity contribution in [3.63, 3.8) is 0 Å². The lowest BCUT2D eigenvalue weighted by Gasteiger charge is -2.55. The van der Waals surface area contributed by atoms with Gasteiger partial charge in [-0.2, -0.15) is 0 Å². The SMILES string of the molecule is CC(O)C(=O)[C@@]12C=C[C@@]3(CC1)C1CCC4=CC(=O)CCC4=C1CC[C@]23C. The Balaban J connectivity index is 1.62. The molecule has 3 nitrogen and oxygen atoms in total. The summed E-state index contributed by atoms with van der Waals surface area (Å²) in [6.07, 6.45) is 13.2. The van der Waals surface area contributed by atoms with Crippen molar-refractivity contribution < 1.29 is 14.7 Å². The molecule has 2 fully saturated rings. The summed E-state index contributed by atoms with van der Waals surface area (Å²) in [5, 5.41) is 10.1. The summed E-state index contributed by atoms with van der Waals surface area (Å²) in [7, 11) is 0. The molecular weight excluding hydrogens is 324 g/mol. The third-order valence-electron chi connectivity index (χ3n) is 8.80. The van der Waals surface area contributed by atoms with Gasteiger partial charge in [0.2, 0.25) is 0 Å². The zero-order chi connectivity index (χ0) is 18.3. The van der Waals surface area contributed by atoms with Crippen LogP contribution in [0.3, 0.4) is 0 Å². The number of fused-ring (bicyclic) bond motifs is 2. The van der Waals surface area contributed by atoms with E-state index in [1.54, 1.807) is 12.5 Å². The van der Waals surface area contributed by atoms with Gasteiger partial charge >= 0.3 is 0 Å². The highest BCUT2D eigenvalue weighted by Gasteiger charge is 2.72. The van der Waals surface area contributed by atoms with E-state index in [9.17, 15) is 14.7 Å². The van der Waals surface area contributed by atoms with Gasteiger partial charge in [0, 0.05) is 11.8 Å². The van der Waals surface area contributed by atoms with E-state index in [0.717, 1.165) is 44.9 Å². The van der Waals surface area contributed by atoms with Gasteiger partial charge < -0.3 is 5.11 Å². The van der Waals surface area contributed by atoms with Crippen molar-refractivity contribution in [1.82, 2.24) is 0 Å². The minimum atomic E-state index is -0.893. The molecule has 5 atom stereocenters. The second kappa shape index (κ2) is 5.07. The summed E-state index contributed by atoms with van der Waals surface area (Å²) >= 11 is 0. The quantitative estimate of drug-likeness (QED) is 0.762. The summed E-state index contributed by atoms with van der Waals surface area (Å²) in [6.45, 7) is 3.94. The second-order valence-corrected chi connectivity index (χ2v) is 9.45. The van der Waals surface area contributed by atoms with E-state index in [4.69, 9.17) is 0 Å². The van der Waals surface area contributed by atoms with Crippen molar-refractivity contribution >= 4 is 11.6 Å². The molecule has 138 valence electrons. The normalized spacial score (nSPS) is 44.3. The number of carbonyl (C=O) groups excluding carboxylic acids is 2. The lowest BCUT2D eigenvalue weighted by molar-refractivity contribution is -0.141. The Labute approximate surface area is 155 Å². The number of Topliss-reactive ketones (excluding diaryl/α,β-unsaturated/α-hetero) is 1. The van der Waals surface area contributed by atoms with Gasteiger partial charge in [-0.05, 0) is 80.4 Å². The minimum absolute atomic E-state index is 0.0198. The Morgan fingerprint density at radius 1 is 1.15 bits per heavy atom. The van der Waals surface area contributed by atoms with Crippen molar-refractivity contribution in [3.05, 3.63) is 34.9 Å². The van der Waals surface area contributed by atoms with Crippen LogP contribution in [0.25, 0.3) is 0 Å². The van der Waals surface area contributed by atoms with Crippen molar-refractivity contribution in [2.45, 2.75) is 71.3 Å².